The number of fused-ring (bicyclic) bond motifs is 1. The molecule has 1 aliphatic carbocycles. The Hall–Kier alpha value is -2.80. The Bertz CT molecular complexity index is 1200. The van der Waals surface area contributed by atoms with Gasteiger partial charge in [0.2, 0.25) is 0 Å². The normalized spacial score (nSPS) is 20.3. The van der Waals surface area contributed by atoms with Crippen molar-refractivity contribution in [2.24, 2.45) is 0 Å². The molecule has 1 aliphatic heterocycles. The average molecular weight is 426 g/mol. The van der Waals surface area contributed by atoms with E-state index in [-0.39, 0.29) is 41.9 Å². The largest absolute Gasteiger partial charge is 0.486 e. The molecule has 3 aromatic rings. The van der Waals surface area contributed by atoms with Gasteiger partial charge < -0.3 is 14.1 Å². The zero-order chi connectivity index (χ0) is 20.7. The number of carbonyl (C=O) groups is 1. The number of hydrogen-bond donors (Lipinski definition) is 0. The summed E-state index contributed by atoms with van der Waals surface area (Å²) < 4.78 is 35.4. The quantitative estimate of drug-likeness (QED) is 0.600. The molecule has 0 spiro atoms. The van der Waals surface area contributed by atoms with Crippen molar-refractivity contribution in [3.63, 3.8) is 0 Å². The fourth-order valence-electron chi connectivity index (χ4n) is 4.09. The Morgan fingerprint density at radius 3 is 2.53 bits per heavy atom. The van der Waals surface area contributed by atoms with E-state index in [0.717, 1.165) is 29.4 Å². The summed E-state index contributed by atoms with van der Waals surface area (Å²) in [4.78, 5) is 14.8. The van der Waals surface area contributed by atoms with Crippen LogP contribution in [0.1, 0.15) is 35.6 Å². The van der Waals surface area contributed by atoms with Gasteiger partial charge in [-0.1, -0.05) is 30.3 Å². The third-order valence-corrected chi connectivity index (χ3v) is 7.50. The van der Waals surface area contributed by atoms with Crippen molar-refractivity contribution in [3.05, 3.63) is 66.1 Å². The highest BCUT2D eigenvalue weighted by Crippen LogP contribution is 2.34. The van der Waals surface area contributed by atoms with Crippen molar-refractivity contribution in [3.8, 4) is 5.75 Å². The van der Waals surface area contributed by atoms with E-state index in [1.165, 1.54) is 0 Å². The van der Waals surface area contributed by atoms with Crippen molar-refractivity contribution in [2.75, 3.05) is 11.5 Å². The molecule has 156 valence electrons. The maximum Gasteiger partial charge on any atom is 0.290 e. The lowest BCUT2D eigenvalue weighted by Gasteiger charge is -2.27. The number of amides is 1. The topological polar surface area (TPSA) is 76.8 Å². The van der Waals surface area contributed by atoms with Gasteiger partial charge in [0.25, 0.3) is 5.91 Å². The molecular formula is C23H23NO5S. The minimum absolute atomic E-state index is 0.0495. The van der Waals surface area contributed by atoms with Gasteiger partial charge in [0.1, 0.15) is 18.1 Å². The number of furan rings is 1. The highest BCUT2D eigenvalue weighted by atomic mass is 32.2. The summed E-state index contributed by atoms with van der Waals surface area (Å²) in [5.41, 5.74) is 0. The molecule has 1 saturated heterocycles. The van der Waals surface area contributed by atoms with Crippen LogP contribution in [0.25, 0.3) is 10.8 Å². The van der Waals surface area contributed by atoms with Crippen LogP contribution in [0.5, 0.6) is 5.75 Å². The molecule has 1 saturated carbocycles. The molecule has 1 amide bonds. The second-order valence-electron chi connectivity index (χ2n) is 8.06. The fraction of sp³-hybridized carbons (Fsp3) is 0.348. The number of ether oxygens (including phenoxy) is 1. The van der Waals surface area contributed by atoms with Gasteiger partial charge in [-0.2, -0.15) is 0 Å². The SMILES string of the molecule is O=C(c1ccc(COc2ccc3ccccc3c2)o1)N(C1CC1)C1CCS(=O)(=O)C1. The number of hydrogen-bond acceptors (Lipinski definition) is 5. The van der Waals surface area contributed by atoms with E-state index >= 15 is 0 Å². The van der Waals surface area contributed by atoms with Gasteiger partial charge in [-0.3, -0.25) is 4.79 Å². The molecule has 2 aliphatic rings. The second kappa shape index (κ2) is 7.47. The van der Waals surface area contributed by atoms with E-state index in [1.54, 1.807) is 17.0 Å². The molecule has 30 heavy (non-hydrogen) atoms. The van der Waals surface area contributed by atoms with Gasteiger partial charge in [0.15, 0.2) is 15.6 Å². The number of sulfone groups is 1. The molecule has 2 fully saturated rings. The molecule has 7 heteroatoms. The van der Waals surface area contributed by atoms with E-state index in [9.17, 15) is 13.2 Å². The zero-order valence-electron chi connectivity index (χ0n) is 16.5. The smallest absolute Gasteiger partial charge is 0.290 e. The third-order valence-electron chi connectivity index (χ3n) is 5.75. The Labute approximate surface area is 175 Å². The standard InChI is InChI=1S/C23H23NO5S/c25-23(24(18-6-7-18)19-11-12-30(26,27)15-19)22-10-9-21(29-22)14-28-20-8-5-16-3-1-2-4-17(16)13-20/h1-5,8-10,13,18-19H,6-7,11-12,14-15H2. The van der Waals surface area contributed by atoms with Crippen LogP contribution in [-0.4, -0.2) is 42.8 Å². The monoisotopic (exact) mass is 425 g/mol. The molecule has 6 nitrogen and oxygen atoms in total. The lowest BCUT2D eigenvalue weighted by molar-refractivity contribution is 0.0644. The van der Waals surface area contributed by atoms with Crippen molar-refractivity contribution in [2.45, 2.75) is 38.0 Å². The van der Waals surface area contributed by atoms with E-state index in [1.807, 2.05) is 42.5 Å². The van der Waals surface area contributed by atoms with Crippen molar-refractivity contribution >= 4 is 26.5 Å². The Morgan fingerprint density at radius 2 is 1.80 bits per heavy atom. The van der Waals surface area contributed by atoms with Gasteiger partial charge >= 0.3 is 0 Å². The van der Waals surface area contributed by atoms with Crippen LogP contribution >= 0.6 is 0 Å². The van der Waals surface area contributed by atoms with Crippen molar-refractivity contribution in [1.82, 2.24) is 4.90 Å². The van der Waals surface area contributed by atoms with Crippen LogP contribution < -0.4 is 4.74 Å². The van der Waals surface area contributed by atoms with E-state index in [0.29, 0.717) is 12.2 Å². The van der Waals surface area contributed by atoms with Crippen LogP contribution in [0.4, 0.5) is 0 Å². The third kappa shape index (κ3) is 3.94. The van der Waals surface area contributed by atoms with Crippen LogP contribution in [0.15, 0.2) is 59.0 Å². The van der Waals surface area contributed by atoms with Crippen LogP contribution in [0, 0.1) is 0 Å². The van der Waals surface area contributed by atoms with Gasteiger partial charge in [-0.05, 0) is 54.3 Å². The molecule has 2 heterocycles. The number of rotatable bonds is 6. The maximum atomic E-state index is 13.1. The summed E-state index contributed by atoms with van der Waals surface area (Å²) in [7, 11) is -3.06. The molecule has 2 aromatic carbocycles. The van der Waals surface area contributed by atoms with Crippen LogP contribution in [0.2, 0.25) is 0 Å². The van der Waals surface area contributed by atoms with Crippen LogP contribution in [-0.2, 0) is 16.4 Å². The Kier molecular flexibility index (Phi) is 4.77. The fourth-order valence-corrected chi connectivity index (χ4v) is 5.80. The summed E-state index contributed by atoms with van der Waals surface area (Å²) in [6, 6.07) is 17.2. The summed E-state index contributed by atoms with van der Waals surface area (Å²) >= 11 is 0. The van der Waals surface area contributed by atoms with Crippen molar-refractivity contribution in [1.29, 1.82) is 0 Å². The molecule has 0 bridgehead atoms. The first-order chi connectivity index (χ1) is 14.5. The second-order valence-corrected chi connectivity index (χ2v) is 10.3. The predicted octanol–water partition coefficient (Wildman–Crippen LogP) is 3.80. The molecule has 0 N–H and O–H groups in total. The molecule has 0 radical (unpaired) electrons. The first-order valence-corrected chi connectivity index (χ1v) is 12.0. The van der Waals surface area contributed by atoms with E-state index in [2.05, 4.69) is 0 Å². The van der Waals surface area contributed by atoms with E-state index in [4.69, 9.17) is 9.15 Å². The first-order valence-electron chi connectivity index (χ1n) is 10.2. The zero-order valence-corrected chi connectivity index (χ0v) is 17.3. The molecule has 1 unspecified atom stereocenters. The molecule has 1 aromatic heterocycles. The molecule has 1 atom stereocenters. The lowest BCUT2D eigenvalue weighted by atomic mass is 10.1. The molecular weight excluding hydrogens is 402 g/mol. The Morgan fingerprint density at radius 1 is 1.00 bits per heavy atom. The highest BCUT2D eigenvalue weighted by Gasteiger charge is 2.43. The van der Waals surface area contributed by atoms with Gasteiger partial charge in [-0.25, -0.2) is 8.42 Å². The minimum Gasteiger partial charge on any atom is -0.486 e. The van der Waals surface area contributed by atoms with Gasteiger partial charge in [-0.15, -0.1) is 0 Å². The summed E-state index contributed by atoms with van der Waals surface area (Å²) in [5.74, 6) is 1.50. The number of carbonyl (C=O) groups excluding carboxylic acids is 1. The van der Waals surface area contributed by atoms with Crippen LogP contribution in [0.3, 0.4) is 0 Å². The maximum absolute atomic E-state index is 13.1. The molecule has 5 rings (SSSR count). The number of nitrogens with zero attached hydrogens (tertiary/aromatic N) is 1. The van der Waals surface area contributed by atoms with Crippen molar-refractivity contribution < 1.29 is 22.4 Å². The predicted molar refractivity (Wildman–Crippen MR) is 113 cm³/mol. The lowest BCUT2D eigenvalue weighted by Crippen LogP contribution is -2.42. The Balaban J connectivity index is 1.27. The first kappa shape index (κ1) is 19.2. The average Bonchev–Trinajstić information content (AvgIpc) is 3.33. The summed E-state index contributed by atoms with van der Waals surface area (Å²) in [6.07, 6.45) is 2.34. The van der Waals surface area contributed by atoms with E-state index < -0.39 is 9.84 Å². The number of benzene rings is 2. The highest BCUT2D eigenvalue weighted by molar-refractivity contribution is 7.91. The summed E-state index contributed by atoms with van der Waals surface area (Å²) in [5, 5.41) is 2.24. The summed E-state index contributed by atoms with van der Waals surface area (Å²) in [6.45, 7) is 0.215. The minimum atomic E-state index is -3.06. The van der Waals surface area contributed by atoms with Gasteiger partial charge in [0.05, 0.1) is 11.5 Å². The van der Waals surface area contributed by atoms with Gasteiger partial charge in [0, 0.05) is 12.1 Å².